The predicted octanol–water partition coefficient (Wildman–Crippen LogP) is 2.50. The number of carbonyl (C=O) groups is 1. The average molecular weight is 309 g/mol. The first-order chi connectivity index (χ1) is 11.3. The predicted molar refractivity (Wildman–Crippen MR) is 92.0 cm³/mol. The van der Waals surface area contributed by atoms with Crippen molar-refractivity contribution < 1.29 is 4.79 Å². The van der Waals surface area contributed by atoms with E-state index in [0.29, 0.717) is 0 Å². The molecule has 1 aromatic carbocycles. The van der Waals surface area contributed by atoms with E-state index in [4.69, 9.17) is 0 Å². The van der Waals surface area contributed by atoms with E-state index in [-0.39, 0.29) is 11.9 Å². The van der Waals surface area contributed by atoms with Crippen LogP contribution in [-0.2, 0) is 11.2 Å². The normalized spacial score (nSPS) is 18.2. The second-order valence-electron chi connectivity index (χ2n) is 5.97. The molecule has 0 spiro atoms. The molecule has 0 aliphatic carbocycles. The van der Waals surface area contributed by atoms with Crippen LogP contribution >= 0.6 is 0 Å². The number of benzene rings is 1. The van der Waals surface area contributed by atoms with Crippen LogP contribution in [0.4, 0.5) is 0 Å². The summed E-state index contributed by atoms with van der Waals surface area (Å²) in [5, 5.41) is 3.35. The van der Waals surface area contributed by atoms with Crippen LogP contribution in [0, 0.1) is 0 Å². The van der Waals surface area contributed by atoms with Crippen LogP contribution in [0.15, 0.2) is 48.8 Å². The summed E-state index contributed by atoms with van der Waals surface area (Å²) in [4.78, 5) is 18.5. The third kappa shape index (κ3) is 3.77. The molecule has 1 atom stereocenters. The average Bonchev–Trinajstić information content (AvgIpc) is 2.60. The zero-order valence-corrected chi connectivity index (χ0v) is 13.5. The summed E-state index contributed by atoms with van der Waals surface area (Å²) in [6.45, 7) is 4.68. The van der Waals surface area contributed by atoms with Crippen molar-refractivity contribution in [2.45, 2.75) is 25.8 Å². The number of pyridine rings is 1. The van der Waals surface area contributed by atoms with Crippen molar-refractivity contribution in [1.82, 2.24) is 15.2 Å². The summed E-state index contributed by atoms with van der Waals surface area (Å²) >= 11 is 0. The van der Waals surface area contributed by atoms with E-state index in [1.165, 1.54) is 11.1 Å². The first-order valence-corrected chi connectivity index (χ1v) is 8.29. The number of carbonyl (C=O) groups excluding carboxylic acids is 1. The SMILES string of the molecule is CCCN1CCNC(Cc2ccc(-c3ccncc3)cc2)C1=O. The van der Waals surface area contributed by atoms with Gasteiger partial charge in [0.25, 0.3) is 0 Å². The van der Waals surface area contributed by atoms with Crippen molar-refractivity contribution in [3.05, 3.63) is 54.4 Å². The summed E-state index contributed by atoms with van der Waals surface area (Å²) in [6.07, 6.45) is 5.36. The first kappa shape index (κ1) is 15.7. The highest BCUT2D eigenvalue weighted by Gasteiger charge is 2.27. The Balaban J connectivity index is 1.67. The molecule has 23 heavy (non-hydrogen) atoms. The van der Waals surface area contributed by atoms with Gasteiger partial charge in [-0.1, -0.05) is 31.2 Å². The minimum absolute atomic E-state index is 0.0953. The summed E-state index contributed by atoms with van der Waals surface area (Å²) in [5.74, 6) is 0.233. The second kappa shape index (κ2) is 7.38. The molecule has 1 aliphatic rings. The van der Waals surface area contributed by atoms with Crippen LogP contribution in [0.2, 0.25) is 0 Å². The molecule has 1 fully saturated rings. The van der Waals surface area contributed by atoms with E-state index >= 15 is 0 Å². The van der Waals surface area contributed by atoms with Crippen LogP contribution in [0.1, 0.15) is 18.9 Å². The standard InChI is InChI=1S/C19H23N3O/c1-2-12-22-13-11-21-18(19(22)23)14-15-3-5-16(6-4-15)17-7-9-20-10-8-17/h3-10,18,21H,2,11-14H2,1H3. The third-order valence-corrected chi connectivity index (χ3v) is 4.28. The van der Waals surface area contributed by atoms with Crippen molar-refractivity contribution in [2.75, 3.05) is 19.6 Å². The van der Waals surface area contributed by atoms with Gasteiger partial charge in [0, 0.05) is 32.0 Å². The first-order valence-electron chi connectivity index (χ1n) is 8.29. The Hall–Kier alpha value is -2.20. The van der Waals surface area contributed by atoms with Gasteiger partial charge in [-0.2, -0.15) is 0 Å². The fourth-order valence-corrected chi connectivity index (χ4v) is 3.06. The summed E-state index contributed by atoms with van der Waals surface area (Å²) in [7, 11) is 0. The van der Waals surface area contributed by atoms with E-state index in [0.717, 1.165) is 38.0 Å². The highest BCUT2D eigenvalue weighted by atomic mass is 16.2. The molecular weight excluding hydrogens is 286 g/mol. The van der Waals surface area contributed by atoms with Crippen LogP contribution in [0.5, 0.6) is 0 Å². The third-order valence-electron chi connectivity index (χ3n) is 4.28. The molecule has 4 heteroatoms. The fraction of sp³-hybridized carbons (Fsp3) is 0.368. The molecule has 1 unspecified atom stereocenters. The number of nitrogens with zero attached hydrogens (tertiary/aromatic N) is 2. The minimum Gasteiger partial charge on any atom is -0.340 e. The topological polar surface area (TPSA) is 45.2 Å². The molecule has 0 radical (unpaired) electrons. The van der Waals surface area contributed by atoms with Crippen molar-refractivity contribution in [1.29, 1.82) is 0 Å². The maximum Gasteiger partial charge on any atom is 0.240 e. The molecule has 0 bridgehead atoms. The molecular formula is C19H23N3O. The van der Waals surface area contributed by atoms with Gasteiger partial charge in [-0.05, 0) is 41.7 Å². The van der Waals surface area contributed by atoms with Gasteiger partial charge in [0.1, 0.15) is 0 Å². The van der Waals surface area contributed by atoms with E-state index < -0.39 is 0 Å². The van der Waals surface area contributed by atoms with Crippen molar-refractivity contribution in [3.8, 4) is 11.1 Å². The maximum atomic E-state index is 12.5. The number of aromatic nitrogens is 1. The summed E-state index contributed by atoms with van der Waals surface area (Å²) in [6, 6.07) is 12.4. The van der Waals surface area contributed by atoms with Gasteiger partial charge in [-0.25, -0.2) is 0 Å². The highest BCUT2D eigenvalue weighted by molar-refractivity contribution is 5.83. The number of nitrogens with one attached hydrogen (secondary N) is 1. The quantitative estimate of drug-likeness (QED) is 0.923. The van der Waals surface area contributed by atoms with Gasteiger partial charge >= 0.3 is 0 Å². The molecule has 4 nitrogen and oxygen atoms in total. The number of rotatable bonds is 5. The fourth-order valence-electron chi connectivity index (χ4n) is 3.06. The molecule has 2 aromatic rings. The zero-order chi connectivity index (χ0) is 16.1. The van der Waals surface area contributed by atoms with E-state index in [1.807, 2.05) is 17.0 Å². The number of piperazine rings is 1. The van der Waals surface area contributed by atoms with E-state index in [2.05, 4.69) is 41.5 Å². The van der Waals surface area contributed by atoms with Gasteiger partial charge in [0.2, 0.25) is 5.91 Å². The Morgan fingerprint density at radius 1 is 1.13 bits per heavy atom. The van der Waals surface area contributed by atoms with Gasteiger partial charge in [0.15, 0.2) is 0 Å². The lowest BCUT2D eigenvalue weighted by Gasteiger charge is -2.33. The van der Waals surface area contributed by atoms with Crippen LogP contribution in [0.25, 0.3) is 11.1 Å². The lowest BCUT2D eigenvalue weighted by molar-refractivity contribution is -0.135. The monoisotopic (exact) mass is 309 g/mol. The molecule has 1 N–H and O–H groups in total. The molecule has 3 rings (SSSR count). The Morgan fingerprint density at radius 2 is 1.83 bits per heavy atom. The number of amides is 1. The number of hydrogen-bond donors (Lipinski definition) is 1. The lowest BCUT2D eigenvalue weighted by Crippen LogP contribution is -2.55. The minimum atomic E-state index is -0.0953. The van der Waals surface area contributed by atoms with Crippen LogP contribution < -0.4 is 5.32 Å². The summed E-state index contributed by atoms with van der Waals surface area (Å²) in [5.41, 5.74) is 3.52. The van der Waals surface area contributed by atoms with Gasteiger partial charge < -0.3 is 10.2 Å². The van der Waals surface area contributed by atoms with Crippen molar-refractivity contribution in [2.24, 2.45) is 0 Å². The number of hydrogen-bond acceptors (Lipinski definition) is 3. The largest absolute Gasteiger partial charge is 0.340 e. The smallest absolute Gasteiger partial charge is 0.240 e. The maximum absolute atomic E-state index is 12.5. The molecule has 1 aliphatic heterocycles. The van der Waals surface area contributed by atoms with Crippen molar-refractivity contribution in [3.63, 3.8) is 0 Å². The molecule has 2 heterocycles. The lowest BCUT2D eigenvalue weighted by atomic mass is 10.00. The summed E-state index contributed by atoms with van der Waals surface area (Å²) < 4.78 is 0. The second-order valence-corrected chi connectivity index (χ2v) is 5.97. The Bertz CT molecular complexity index is 637. The van der Waals surface area contributed by atoms with Gasteiger partial charge in [-0.3, -0.25) is 9.78 Å². The zero-order valence-electron chi connectivity index (χ0n) is 13.5. The molecule has 0 saturated carbocycles. The van der Waals surface area contributed by atoms with Crippen LogP contribution in [0.3, 0.4) is 0 Å². The molecule has 120 valence electrons. The molecule has 1 amide bonds. The molecule has 1 saturated heterocycles. The van der Waals surface area contributed by atoms with Crippen molar-refractivity contribution >= 4 is 5.91 Å². The Morgan fingerprint density at radius 3 is 2.52 bits per heavy atom. The highest BCUT2D eigenvalue weighted by Crippen LogP contribution is 2.19. The van der Waals surface area contributed by atoms with Crippen LogP contribution in [-0.4, -0.2) is 41.5 Å². The Labute approximate surface area is 137 Å². The van der Waals surface area contributed by atoms with E-state index in [1.54, 1.807) is 12.4 Å². The van der Waals surface area contributed by atoms with Gasteiger partial charge in [0.05, 0.1) is 6.04 Å². The molecule has 1 aromatic heterocycles. The van der Waals surface area contributed by atoms with E-state index in [9.17, 15) is 4.79 Å². The Kier molecular flexibility index (Phi) is 5.03. The van der Waals surface area contributed by atoms with Gasteiger partial charge in [-0.15, -0.1) is 0 Å².